The van der Waals surface area contributed by atoms with Crippen molar-refractivity contribution in [3.8, 4) is 0 Å². The highest BCUT2D eigenvalue weighted by molar-refractivity contribution is 5.79. The summed E-state index contributed by atoms with van der Waals surface area (Å²) < 4.78 is 0.721. The van der Waals surface area contributed by atoms with Crippen LogP contribution in [-0.2, 0) is 0 Å². The average molecular weight is 225 g/mol. The number of rotatable bonds is 6. The highest BCUT2D eigenvalue weighted by Gasteiger charge is 2.31. The molecule has 0 radical (unpaired) electrons. The van der Waals surface area contributed by atoms with Crippen LogP contribution in [-0.4, -0.2) is 23.4 Å². The number of quaternary nitrogens is 1. The molecule has 0 amide bonds. The fourth-order valence-corrected chi connectivity index (χ4v) is 1.68. The van der Waals surface area contributed by atoms with Crippen molar-refractivity contribution in [1.82, 2.24) is 0 Å². The Hall–Kier alpha value is -1.12. The van der Waals surface area contributed by atoms with Crippen LogP contribution in [0.4, 0.5) is 0 Å². The maximum Gasteiger partial charge on any atom is 0.211 e. The Morgan fingerprint density at radius 1 is 1.13 bits per heavy atom. The molecule has 15 heavy (non-hydrogen) atoms. The van der Waals surface area contributed by atoms with Crippen LogP contribution in [0.15, 0.2) is 55.4 Å². The normalized spacial score (nSPS) is 16.4. The lowest BCUT2D eigenvalue weighted by molar-refractivity contribution is -0.773. The van der Waals surface area contributed by atoms with Crippen LogP contribution in [0.3, 0.4) is 0 Å². The van der Waals surface area contributed by atoms with Crippen LogP contribution in [0.5, 0.6) is 0 Å². The monoisotopic (exact) mass is 224 g/mol. The molecule has 0 aliphatic carbocycles. The predicted molar refractivity (Wildman–Crippen MR) is 61.8 cm³/mol. The van der Waals surface area contributed by atoms with Gasteiger partial charge in [-0.25, -0.2) is 9.48 Å². The van der Waals surface area contributed by atoms with Crippen molar-refractivity contribution in [3.63, 3.8) is 0 Å². The minimum absolute atomic E-state index is 0. The standard InChI is InChI=1S/C12H17N2.ClH/c1-4-7-12-13-8-11-14(12,9-5-2)10-6-3;/h4-6,8,11H,1-3,7,9-10H2;1H/q+1;/p-1. The van der Waals surface area contributed by atoms with Crippen LogP contribution in [0, 0.1) is 0 Å². The van der Waals surface area contributed by atoms with Gasteiger partial charge in [0.1, 0.15) is 19.3 Å². The molecule has 2 nitrogen and oxygen atoms in total. The van der Waals surface area contributed by atoms with Crippen molar-refractivity contribution in [1.29, 1.82) is 0 Å². The van der Waals surface area contributed by atoms with Gasteiger partial charge in [0.05, 0.1) is 12.6 Å². The van der Waals surface area contributed by atoms with Crippen LogP contribution >= 0.6 is 0 Å². The van der Waals surface area contributed by atoms with E-state index in [0.29, 0.717) is 0 Å². The van der Waals surface area contributed by atoms with Gasteiger partial charge in [0.2, 0.25) is 5.84 Å². The van der Waals surface area contributed by atoms with Crippen LogP contribution < -0.4 is 12.4 Å². The van der Waals surface area contributed by atoms with Crippen molar-refractivity contribution >= 4 is 5.84 Å². The molecular weight excluding hydrogens is 208 g/mol. The lowest BCUT2D eigenvalue weighted by Crippen LogP contribution is -3.00. The molecule has 0 unspecified atom stereocenters. The molecule has 0 bridgehead atoms. The summed E-state index contributed by atoms with van der Waals surface area (Å²) in [6, 6.07) is 0. The second-order valence-electron chi connectivity index (χ2n) is 3.31. The molecule has 1 rings (SSSR count). The lowest BCUT2D eigenvalue weighted by Gasteiger charge is -2.29. The van der Waals surface area contributed by atoms with E-state index in [1.165, 1.54) is 0 Å². The summed E-state index contributed by atoms with van der Waals surface area (Å²) >= 11 is 0. The van der Waals surface area contributed by atoms with Gasteiger partial charge in [-0.1, -0.05) is 19.2 Å². The Kier molecular flexibility index (Phi) is 5.90. The topological polar surface area (TPSA) is 12.4 Å². The Morgan fingerprint density at radius 3 is 2.20 bits per heavy atom. The largest absolute Gasteiger partial charge is 1.00 e. The van der Waals surface area contributed by atoms with E-state index < -0.39 is 0 Å². The summed E-state index contributed by atoms with van der Waals surface area (Å²) in [4.78, 5) is 4.36. The summed E-state index contributed by atoms with van der Waals surface area (Å²) in [6.07, 6.45) is 10.5. The van der Waals surface area contributed by atoms with Gasteiger partial charge in [0.25, 0.3) is 0 Å². The SMILES string of the molecule is C=CCC1=NC=C[N+]1(CC=C)CC=C.[Cl-]. The summed E-state index contributed by atoms with van der Waals surface area (Å²) in [5.74, 6) is 1.11. The van der Waals surface area contributed by atoms with Gasteiger partial charge in [-0.3, -0.25) is 0 Å². The summed E-state index contributed by atoms with van der Waals surface area (Å²) in [5.41, 5.74) is 0. The van der Waals surface area contributed by atoms with E-state index >= 15 is 0 Å². The first kappa shape index (κ1) is 13.9. The molecule has 0 saturated carbocycles. The number of hydrogen-bond acceptors (Lipinski definition) is 1. The average Bonchev–Trinajstić information content (AvgIpc) is 2.51. The maximum absolute atomic E-state index is 4.36. The van der Waals surface area contributed by atoms with Crippen LogP contribution in [0.25, 0.3) is 0 Å². The number of amidine groups is 1. The summed E-state index contributed by atoms with van der Waals surface area (Å²) in [5, 5.41) is 0. The third kappa shape index (κ3) is 2.91. The molecule has 0 spiro atoms. The smallest absolute Gasteiger partial charge is 0.211 e. The first-order chi connectivity index (χ1) is 6.79. The molecule has 0 saturated heterocycles. The molecule has 0 aromatic heterocycles. The van der Waals surface area contributed by atoms with Gasteiger partial charge in [-0.05, 0) is 12.2 Å². The zero-order chi connectivity index (χ0) is 10.4. The fourth-order valence-electron chi connectivity index (χ4n) is 1.68. The van der Waals surface area contributed by atoms with Crippen LogP contribution in [0.2, 0.25) is 0 Å². The number of aliphatic imine (C=N–C) groups is 1. The Balaban J connectivity index is 0.00000196. The summed E-state index contributed by atoms with van der Waals surface area (Å²) in [7, 11) is 0. The molecule has 1 aliphatic rings. The number of nitrogens with zero attached hydrogens (tertiary/aromatic N) is 2. The van der Waals surface area contributed by atoms with Gasteiger partial charge >= 0.3 is 0 Å². The molecule has 0 atom stereocenters. The zero-order valence-electron chi connectivity index (χ0n) is 8.90. The molecule has 1 heterocycles. The van der Waals surface area contributed by atoms with Crippen molar-refractivity contribution < 1.29 is 16.9 Å². The molecular formula is C12H17ClN2. The van der Waals surface area contributed by atoms with Crippen molar-refractivity contribution in [3.05, 3.63) is 50.4 Å². The first-order valence-corrected chi connectivity index (χ1v) is 4.73. The third-order valence-corrected chi connectivity index (χ3v) is 2.33. The Morgan fingerprint density at radius 2 is 1.73 bits per heavy atom. The maximum atomic E-state index is 4.36. The molecule has 82 valence electrons. The summed E-state index contributed by atoms with van der Waals surface area (Å²) in [6.45, 7) is 13.0. The lowest BCUT2D eigenvalue weighted by atomic mass is 10.2. The molecule has 0 aromatic carbocycles. The van der Waals surface area contributed by atoms with E-state index in [0.717, 1.165) is 29.8 Å². The molecule has 0 fully saturated rings. The second kappa shape index (κ2) is 6.38. The van der Waals surface area contributed by atoms with Gasteiger partial charge in [-0.15, -0.1) is 6.58 Å². The Bertz CT molecular complexity index is 293. The van der Waals surface area contributed by atoms with Crippen molar-refractivity contribution in [2.45, 2.75) is 6.42 Å². The molecule has 1 aliphatic heterocycles. The minimum Gasteiger partial charge on any atom is -1.00 e. The van der Waals surface area contributed by atoms with E-state index in [9.17, 15) is 0 Å². The fraction of sp³-hybridized carbons (Fsp3) is 0.250. The van der Waals surface area contributed by atoms with E-state index in [2.05, 4.69) is 30.9 Å². The van der Waals surface area contributed by atoms with Gasteiger partial charge in [-0.2, -0.15) is 0 Å². The van der Waals surface area contributed by atoms with E-state index in [1.54, 1.807) is 0 Å². The van der Waals surface area contributed by atoms with E-state index in [1.807, 2.05) is 24.4 Å². The third-order valence-electron chi connectivity index (χ3n) is 2.33. The second-order valence-corrected chi connectivity index (χ2v) is 3.31. The predicted octanol–water partition coefficient (Wildman–Crippen LogP) is -0.361. The van der Waals surface area contributed by atoms with E-state index in [4.69, 9.17) is 0 Å². The molecule has 0 N–H and O–H groups in total. The van der Waals surface area contributed by atoms with Crippen molar-refractivity contribution in [2.75, 3.05) is 13.1 Å². The number of halogens is 1. The zero-order valence-corrected chi connectivity index (χ0v) is 9.66. The van der Waals surface area contributed by atoms with Gasteiger partial charge < -0.3 is 12.4 Å². The molecule has 0 aromatic rings. The quantitative estimate of drug-likeness (QED) is 0.432. The highest BCUT2D eigenvalue weighted by Crippen LogP contribution is 2.19. The highest BCUT2D eigenvalue weighted by atomic mass is 35.5. The minimum atomic E-state index is 0. The Labute approximate surface area is 98.0 Å². The van der Waals surface area contributed by atoms with Crippen LogP contribution in [0.1, 0.15) is 6.42 Å². The number of hydrogen-bond donors (Lipinski definition) is 0. The van der Waals surface area contributed by atoms with E-state index in [-0.39, 0.29) is 12.4 Å². The van der Waals surface area contributed by atoms with Crippen molar-refractivity contribution in [2.24, 2.45) is 4.99 Å². The van der Waals surface area contributed by atoms with Gasteiger partial charge in [0, 0.05) is 0 Å². The first-order valence-electron chi connectivity index (χ1n) is 4.73. The molecule has 3 heteroatoms. The van der Waals surface area contributed by atoms with Gasteiger partial charge in [0.15, 0.2) is 0 Å².